The van der Waals surface area contributed by atoms with Crippen molar-refractivity contribution in [2.75, 3.05) is 0 Å². The lowest BCUT2D eigenvalue weighted by atomic mass is 9.41. The van der Waals surface area contributed by atoms with Crippen LogP contribution in [0.1, 0.15) is 148 Å². The highest BCUT2D eigenvalue weighted by Gasteiger charge is 2.85. The highest BCUT2D eigenvalue weighted by Crippen LogP contribution is 2.89. The zero-order valence-electron chi connectivity index (χ0n) is 35.3. The summed E-state index contributed by atoms with van der Waals surface area (Å²) in [5, 5.41) is 13.8. The highest BCUT2D eigenvalue weighted by atomic mass is 16.6. The number of fused-ring (bicyclic) bond motifs is 2. The van der Waals surface area contributed by atoms with Crippen LogP contribution < -0.4 is 5.32 Å². The molecule has 6 fully saturated rings. The first-order chi connectivity index (χ1) is 24.7. The number of carbonyl (C=O) groups excluding carboxylic acids is 4. The van der Waals surface area contributed by atoms with E-state index in [-0.39, 0.29) is 81.7 Å². The fourth-order valence-electron chi connectivity index (χ4n) is 13.5. The largest absolute Gasteiger partial charge is 0.462 e. The van der Waals surface area contributed by atoms with E-state index in [1.54, 1.807) is 34.6 Å². The molecular formula is C43H69NO10. The summed E-state index contributed by atoms with van der Waals surface area (Å²) < 4.78 is 31.2. The molecule has 5 saturated carbocycles. The second kappa shape index (κ2) is 13.3. The van der Waals surface area contributed by atoms with Crippen molar-refractivity contribution in [1.82, 2.24) is 5.32 Å². The molecule has 0 aromatic rings. The summed E-state index contributed by atoms with van der Waals surface area (Å²) in [6, 6.07) is -0.908. The van der Waals surface area contributed by atoms with Gasteiger partial charge in [0, 0.05) is 31.1 Å². The normalized spacial score (nSPS) is 42.7. The van der Waals surface area contributed by atoms with Crippen molar-refractivity contribution in [2.24, 2.45) is 50.7 Å². The van der Waals surface area contributed by atoms with E-state index in [4.69, 9.17) is 23.7 Å². The molecule has 0 aromatic carbocycles. The maximum absolute atomic E-state index is 14.3. The molecule has 1 heterocycles. The fourth-order valence-corrected chi connectivity index (χ4v) is 13.5. The molecule has 1 saturated heterocycles. The van der Waals surface area contributed by atoms with E-state index >= 15 is 0 Å². The van der Waals surface area contributed by atoms with E-state index in [2.05, 4.69) is 33.0 Å². The number of rotatable bonds is 8. The number of esters is 3. The van der Waals surface area contributed by atoms with Crippen molar-refractivity contribution in [3.05, 3.63) is 0 Å². The number of hydrogen-bond donors (Lipinski definition) is 2. The molecule has 0 aromatic heterocycles. The van der Waals surface area contributed by atoms with Crippen LogP contribution in [-0.2, 0) is 38.1 Å². The quantitative estimate of drug-likeness (QED) is 0.191. The van der Waals surface area contributed by atoms with Gasteiger partial charge in [-0.15, -0.1) is 0 Å². The average molecular weight is 760 g/mol. The van der Waals surface area contributed by atoms with Gasteiger partial charge in [0.1, 0.15) is 30.0 Å². The van der Waals surface area contributed by atoms with Crippen LogP contribution in [0.4, 0.5) is 4.79 Å². The lowest BCUT2D eigenvalue weighted by Gasteiger charge is -2.64. The summed E-state index contributed by atoms with van der Waals surface area (Å²) in [7, 11) is 0. The lowest BCUT2D eigenvalue weighted by molar-refractivity contribution is -0.218. The van der Waals surface area contributed by atoms with E-state index in [0.29, 0.717) is 19.3 Å². The van der Waals surface area contributed by atoms with Crippen LogP contribution in [0.3, 0.4) is 0 Å². The van der Waals surface area contributed by atoms with E-state index in [9.17, 15) is 24.3 Å². The molecule has 2 spiro atoms. The lowest BCUT2D eigenvalue weighted by Crippen LogP contribution is -2.62. The first-order valence-electron chi connectivity index (χ1n) is 20.6. The molecule has 11 nitrogen and oxygen atoms in total. The van der Waals surface area contributed by atoms with Crippen LogP contribution in [-0.4, -0.2) is 76.9 Å². The Balaban J connectivity index is 1.37. The number of carbonyl (C=O) groups is 4. The molecule has 0 radical (unpaired) electrons. The van der Waals surface area contributed by atoms with Gasteiger partial charge < -0.3 is 34.1 Å². The van der Waals surface area contributed by atoms with E-state index in [1.807, 2.05) is 13.8 Å². The van der Waals surface area contributed by atoms with Gasteiger partial charge in [-0.05, 0) is 126 Å². The molecule has 3 unspecified atom stereocenters. The van der Waals surface area contributed by atoms with Gasteiger partial charge in [-0.25, -0.2) is 9.59 Å². The van der Waals surface area contributed by atoms with Gasteiger partial charge in [0.05, 0.1) is 17.8 Å². The highest BCUT2D eigenvalue weighted by molar-refractivity contribution is 5.82. The summed E-state index contributed by atoms with van der Waals surface area (Å²) >= 11 is 0. The van der Waals surface area contributed by atoms with E-state index in [0.717, 1.165) is 38.5 Å². The number of alkyl carbamates (subject to hydrolysis) is 1. The number of nitrogens with one attached hydrogen (secondary N) is 1. The summed E-state index contributed by atoms with van der Waals surface area (Å²) in [5.74, 6) is -1.25. The van der Waals surface area contributed by atoms with Crippen molar-refractivity contribution in [2.45, 2.75) is 196 Å². The maximum Gasteiger partial charge on any atom is 0.408 e. The Morgan fingerprint density at radius 3 is 2.02 bits per heavy atom. The van der Waals surface area contributed by atoms with Crippen LogP contribution in [0, 0.1) is 50.7 Å². The van der Waals surface area contributed by atoms with Crippen molar-refractivity contribution < 1.29 is 48.0 Å². The third-order valence-corrected chi connectivity index (χ3v) is 15.7. The molecule has 2 N–H and O–H groups in total. The van der Waals surface area contributed by atoms with Crippen molar-refractivity contribution in [3.8, 4) is 0 Å². The molecule has 1 aliphatic heterocycles. The second-order valence-electron chi connectivity index (χ2n) is 21.2. The van der Waals surface area contributed by atoms with Crippen molar-refractivity contribution in [3.63, 3.8) is 0 Å². The van der Waals surface area contributed by atoms with Crippen molar-refractivity contribution >= 4 is 24.0 Å². The molecule has 1 amide bonds. The number of ether oxygens (including phenoxy) is 5. The van der Waals surface area contributed by atoms with Crippen LogP contribution in [0.5, 0.6) is 0 Å². The number of hydrogen-bond acceptors (Lipinski definition) is 10. The Bertz CT molecular complexity index is 1510. The van der Waals surface area contributed by atoms with Gasteiger partial charge >= 0.3 is 24.0 Å². The number of amides is 1. The minimum absolute atomic E-state index is 0.0232. The van der Waals surface area contributed by atoms with Crippen LogP contribution in [0.2, 0.25) is 0 Å². The van der Waals surface area contributed by atoms with Gasteiger partial charge in [0.25, 0.3) is 0 Å². The molecule has 6 rings (SSSR count). The Labute approximate surface area is 323 Å². The third-order valence-electron chi connectivity index (χ3n) is 15.7. The molecule has 5 aliphatic carbocycles. The standard InChI is InChI=1S/C43H69NO10/c1-23(2)33(44-36(48)54-37(5,6)7)35(47)53-28-21-41(13)29-20-27(50-24(3)45)34-38(8,9)30(51-25(4)46)16-17-43(34)22-42(29,43)19-18-40(41,12)32(28)26-14-15-31(52-26)39(10,11)49/h23,26-34,49H,14-22H2,1-13H3,(H,44,48)/t26?,27-,28-,29?,30-,31-,32-,33-,34-,40+,41-,42?,43+/m0/s1. The summed E-state index contributed by atoms with van der Waals surface area (Å²) in [6.45, 7) is 24.8. The fraction of sp³-hybridized carbons (Fsp3) is 0.907. The predicted molar refractivity (Wildman–Crippen MR) is 201 cm³/mol. The topological polar surface area (TPSA) is 147 Å². The van der Waals surface area contributed by atoms with Gasteiger partial charge in [-0.1, -0.05) is 41.5 Å². The van der Waals surface area contributed by atoms with Gasteiger partial charge in [-0.2, -0.15) is 0 Å². The Morgan fingerprint density at radius 2 is 1.46 bits per heavy atom. The monoisotopic (exact) mass is 759 g/mol. The Kier molecular flexibility index (Phi) is 10.2. The SMILES string of the molecule is CC(=O)O[C@H]1CC2C3(CC[C@]4(C)[C@@H](C5CC[C@@H](C(C)(C)O)O5)[C@@H](OC(=O)[C@@H](NC(=O)OC(C)(C)C)C(C)C)C[C@@]24C)C[C@@]32CC[C@H](OC(C)=O)C(C)(C)[C@H]12. The maximum atomic E-state index is 14.3. The molecule has 306 valence electrons. The molecule has 0 bridgehead atoms. The minimum atomic E-state index is -1.02. The van der Waals surface area contributed by atoms with Crippen LogP contribution in [0.25, 0.3) is 0 Å². The summed E-state index contributed by atoms with van der Waals surface area (Å²) in [6.07, 6.45) is 5.08. The third kappa shape index (κ3) is 6.56. The molecule has 13 atom stereocenters. The van der Waals surface area contributed by atoms with Gasteiger partial charge in [0.2, 0.25) is 0 Å². The van der Waals surface area contributed by atoms with E-state index < -0.39 is 40.8 Å². The summed E-state index contributed by atoms with van der Waals surface area (Å²) in [4.78, 5) is 52.3. The number of aliphatic hydroxyl groups is 1. The minimum Gasteiger partial charge on any atom is -0.462 e. The van der Waals surface area contributed by atoms with Crippen LogP contribution in [0.15, 0.2) is 0 Å². The van der Waals surface area contributed by atoms with Gasteiger partial charge in [-0.3, -0.25) is 9.59 Å². The first-order valence-corrected chi connectivity index (χ1v) is 20.6. The van der Waals surface area contributed by atoms with Crippen LogP contribution >= 0.6 is 0 Å². The predicted octanol–water partition coefficient (Wildman–Crippen LogP) is 7.29. The first kappa shape index (κ1) is 41.2. The molecular weight excluding hydrogens is 690 g/mol. The second-order valence-corrected chi connectivity index (χ2v) is 21.2. The smallest absolute Gasteiger partial charge is 0.408 e. The molecule has 6 aliphatic rings. The molecule has 11 heteroatoms. The molecule has 54 heavy (non-hydrogen) atoms. The summed E-state index contributed by atoms with van der Waals surface area (Å²) in [5.41, 5.74) is -2.79. The van der Waals surface area contributed by atoms with E-state index in [1.165, 1.54) is 13.8 Å². The average Bonchev–Trinajstić information content (AvgIpc) is 3.25. The Hall–Kier alpha value is -2.40. The zero-order chi connectivity index (χ0) is 40.2. The zero-order valence-corrected chi connectivity index (χ0v) is 35.3. The van der Waals surface area contributed by atoms with Crippen molar-refractivity contribution in [1.29, 1.82) is 0 Å². The Morgan fingerprint density at radius 1 is 0.815 bits per heavy atom. The van der Waals surface area contributed by atoms with Gasteiger partial charge in [0.15, 0.2) is 0 Å².